The lowest BCUT2D eigenvalue weighted by atomic mass is 10.1. The molecule has 1 atom stereocenters. The summed E-state index contributed by atoms with van der Waals surface area (Å²) < 4.78 is 0. The molecule has 1 aliphatic heterocycles. The van der Waals surface area contributed by atoms with E-state index in [0.29, 0.717) is 10.5 Å². The molecule has 3 rings (SSSR count). The first kappa shape index (κ1) is 18.4. The number of likely N-dealkylation sites (N-methyl/N-ethyl adjacent to an activating group) is 1. The van der Waals surface area contributed by atoms with Crippen molar-refractivity contribution in [2.45, 2.75) is 29.2 Å². The molecule has 6 nitrogen and oxygen atoms in total. The van der Waals surface area contributed by atoms with E-state index in [1.54, 1.807) is 24.1 Å². The Balaban J connectivity index is 1.85. The maximum atomic E-state index is 12.7. The molecular weight excluding hydrogens is 350 g/mol. The first-order valence-electron chi connectivity index (χ1n) is 8.46. The number of benzene rings is 2. The SMILES string of the molecule is Cc1ccc(Sc2ccc(C(=O)N(C)C3CCNC3)cc2[N+](=O)[O-])cc1. The second-order valence-electron chi connectivity index (χ2n) is 6.42. The van der Waals surface area contributed by atoms with Gasteiger partial charge in [0.1, 0.15) is 0 Å². The van der Waals surface area contributed by atoms with Crippen LogP contribution in [0.25, 0.3) is 0 Å². The van der Waals surface area contributed by atoms with E-state index in [1.165, 1.54) is 17.8 Å². The van der Waals surface area contributed by atoms with Gasteiger partial charge in [-0.05, 0) is 44.2 Å². The number of amides is 1. The summed E-state index contributed by atoms with van der Waals surface area (Å²) >= 11 is 1.33. The molecule has 0 bridgehead atoms. The number of carbonyl (C=O) groups excluding carboxylic acids is 1. The lowest BCUT2D eigenvalue weighted by Crippen LogP contribution is -2.38. The molecule has 136 valence electrons. The van der Waals surface area contributed by atoms with Gasteiger partial charge in [-0.1, -0.05) is 29.5 Å². The number of hydrogen-bond acceptors (Lipinski definition) is 5. The highest BCUT2D eigenvalue weighted by Crippen LogP contribution is 2.35. The standard InChI is InChI=1S/C19H21N3O3S/c1-13-3-6-16(7-4-13)26-18-8-5-14(11-17(18)22(24)25)19(23)21(2)15-9-10-20-12-15/h3-8,11,15,20H,9-10,12H2,1-2H3. The minimum Gasteiger partial charge on any atom is -0.337 e. The van der Waals surface area contributed by atoms with Gasteiger partial charge in [-0.3, -0.25) is 14.9 Å². The topological polar surface area (TPSA) is 75.5 Å². The first-order valence-corrected chi connectivity index (χ1v) is 9.28. The maximum absolute atomic E-state index is 12.7. The smallest absolute Gasteiger partial charge is 0.284 e. The molecule has 2 aromatic carbocycles. The van der Waals surface area contributed by atoms with Gasteiger partial charge < -0.3 is 10.2 Å². The van der Waals surface area contributed by atoms with E-state index in [9.17, 15) is 14.9 Å². The van der Waals surface area contributed by atoms with Crippen molar-refractivity contribution in [2.24, 2.45) is 0 Å². The van der Waals surface area contributed by atoms with Crippen LogP contribution in [0.15, 0.2) is 52.3 Å². The summed E-state index contributed by atoms with van der Waals surface area (Å²) in [6.07, 6.45) is 0.895. The zero-order valence-corrected chi connectivity index (χ0v) is 15.6. The molecule has 0 saturated carbocycles. The lowest BCUT2D eigenvalue weighted by molar-refractivity contribution is -0.387. The van der Waals surface area contributed by atoms with Crippen LogP contribution >= 0.6 is 11.8 Å². The van der Waals surface area contributed by atoms with Crippen molar-refractivity contribution in [3.05, 3.63) is 63.7 Å². The Hall–Kier alpha value is -2.38. The van der Waals surface area contributed by atoms with Crippen molar-refractivity contribution in [1.82, 2.24) is 10.2 Å². The normalized spacial score (nSPS) is 16.5. The van der Waals surface area contributed by atoms with Gasteiger partial charge in [0.05, 0.1) is 9.82 Å². The summed E-state index contributed by atoms with van der Waals surface area (Å²) in [7, 11) is 1.75. The predicted molar refractivity (Wildman–Crippen MR) is 102 cm³/mol. The van der Waals surface area contributed by atoms with E-state index < -0.39 is 4.92 Å². The molecule has 26 heavy (non-hydrogen) atoms. The second-order valence-corrected chi connectivity index (χ2v) is 7.53. The third kappa shape index (κ3) is 4.05. The van der Waals surface area contributed by atoms with Gasteiger partial charge in [-0.2, -0.15) is 0 Å². The molecule has 1 fully saturated rings. The molecule has 0 spiro atoms. The van der Waals surface area contributed by atoms with Crippen LogP contribution in [0.4, 0.5) is 5.69 Å². The summed E-state index contributed by atoms with van der Waals surface area (Å²) in [5, 5.41) is 14.7. The quantitative estimate of drug-likeness (QED) is 0.643. The monoisotopic (exact) mass is 371 g/mol. The number of carbonyl (C=O) groups is 1. The highest BCUT2D eigenvalue weighted by molar-refractivity contribution is 7.99. The van der Waals surface area contributed by atoms with Gasteiger partial charge in [0.2, 0.25) is 0 Å². The predicted octanol–water partition coefficient (Wildman–Crippen LogP) is 3.49. The fourth-order valence-corrected chi connectivity index (χ4v) is 3.85. The molecule has 1 unspecified atom stereocenters. The Bertz CT molecular complexity index is 817. The van der Waals surface area contributed by atoms with E-state index in [1.807, 2.05) is 31.2 Å². The summed E-state index contributed by atoms with van der Waals surface area (Å²) in [5.41, 5.74) is 1.44. The minimum atomic E-state index is -0.426. The van der Waals surface area contributed by atoms with Crippen LogP contribution in [0, 0.1) is 17.0 Å². The molecule has 1 saturated heterocycles. The minimum absolute atomic E-state index is 0.0422. The Kier molecular flexibility index (Phi) is 5.58. The number of nitro groups is 1. The first-order chi connectivity index (χ1) is 12.5. The fraction of sp³-hybridized carbons (Fsp3) is 0.316. The van der Waals surface area contributed by atoms with Gasteiger partial charge in [0.15, 0.2) is 0 Å². The summed E-state index contributed by atoms with van der Waals surface area (Å²) in [5.74, 6) is -0.186. The van der Waals surface area contributed by atoms with Crippen molar-refractivity contribution in [3.63, 3.8) is 0 Å². The lowest BCUT2D eigenvalue weighted by Gasteiger charge is -2.23. The van der Waals surface area contributed by atoms with Crippen molar-refractivity contribution < 1.29 is 9.72 Å². The van der Waals surface area contributed by atoms with E-state index in [0.717, 1.165) is 30.0 Å². The summed E-state index contributed by atoms with van der Waals surface area (Å²) in [6.45, 7) is 3.63. The van der Waals surface area contributed by atoms with Gasteiger partial charge in [-0.25, -0.2) is 0 Å². The highest BCUT2D eigenvalue weighted by Gasteiger charge is 2.26. The second kappa shape index (κ2) is 7.88. The van der Waals surface area contributed by atoms with Gasteiger partial charge in [0, 0.05) is 36.2 Å². The zero-order valence-electron chi connectivity index (χ0n) is 14.8. The van der Waals surface area contributed by atoms with Crippen LogP contribution in [0.1, 0.15) is 22.3 Å². The van der Waals surface area contributed by atoms with Gasteiger partial charge in [0.25, 0.3) is 11.6 Å². The van der Waals surface area contributed by atoms with E-state index >= 15 is 0 Å². The molecule has 1 amide bonds. The van der Waals surface area contributed by atoms with Crippen LogP contribution in [-0.4, -0.2) is 41.9 Å². The van der Waals surface area contributed by atoms with Crippen molar-refractivity contribution in [2.75, 3.05) is 20.1 Å². The zero-order chi connectivity index (χ0) is 18.7. The highest BCUT2D eigenvalue weighted by atomic mass is 32.2. The third-order valence-electron chi connectivity index (χ3n) is 4.55. The summed E-state index contributed by atoms with van der Waals surface area (Å²) in [6, 6.07) is 12.7. The largest absolute Gasteiger partial charge is 0.337 e. The Morgan fingerprint density at radius 2 is 2.00 bits per heavy atom. The van der Waals surface area contributed by atoms with Crippen LogP contribution < -0.4 is 5.32 Å². The number of nitro benzene ring substituents is 1. The third-order valence-corrected chi connectivity index (χ3v) is 5.63. The Morgan fingerprint density at radius 1 is 1.27 bits per heavy atom. The average Bonchev–Trinajstić information content (AvgIpc) is 3.17. The van der Waals surface area contributed by atoms with Crippen molar-refractivity contribution >= 4 is 23.4 Å². The number of nitrogens with one attached hydrogen (secondary N) is 1. The Morgan fingerprint density at radius 3 is 2.62 bits per heavy atom. The van der Waals surface area contributed by atoms with Crippen LogP contribution in [0.5, 0.6) is 0 Å². The maximum Gasteiger partial charge on any atom is 0.284 e. The van der Waals surface area contributed by atoms with E-state index in [2.05, 4.69) is 5.32 Å². The summed E-state index contributed by atoms with van der Waals surface area (Å²) in [4.78, 5) is 26.9. The molecule has 1 aliphatic rings. The molecule has 1 heterocycles. The fourth-order valence-electron chi connectivity index (χ4n) is 2.95. The number of rotatable bonds is 5. The number of aryl methyl sites for hydroxylation is 1. The molecular formula is C19H21N3O3S. The molecule has 7 heteroatoms. The molecule has 0 aromatic heterocycles. The molecule has 1 N–H and O–H groups in total. The van der Waals surface area contributed by atoms with Crippen LogP contribution in [0.3, 0.4) is 0 Å². The van der Waals surface area contributed by atoms with Crippen LogP contribution in [-0.2, 0) is 0 Å². The average molecular weight is 371 g/mol. The van der Waals surface area contributed by atoms with E-state index in [-0.39, 0.29) is 17.6 Å². The number of hydrogen-bond donors (Lipinski definition) is 1. The molecule has 2 aromatic rings. The van der Waals surface area contributed by atoms with Crippen molar-refractivity contribution in [1.29, 1.82) is 0 Å². The van der Waals surface area contributed by atoms with Crippen LogP contribution in [0.2, 0.25) is 0 Å². The number of nitrogens with zero attached hydrogens (tertiary/aromatic N) is 2. The van der Waals surface area contributed by atoms with Crippen molar-refractivity contribution in [3.8, 4) is 0 Å². The molecule has 0 radical (unpaired) electrons. The van der Waals surface area contributed by atoms with Gasteiger partial charge >= 0.3 is 0 Å². The Labute approximate surface area is 156 Å². The van der Waals surface area contributed by atoms with Gasteiger partial charge in [-0.15, -0.1) is 0 Å². The van der Waals surface area contributed by atoms with E-state index in [4.69, 9.17) is 0 Å². The molecule has 0 aliphatic carbocycles.